The molecule has 0 fully saturated rings. The molecule has 27 heavy (non-hydrogen) atoms. The molecule has 0 unspecified atom stereocenters. The van der Waals surface area contributed by atoms with Crippen molar-refractivity contribution < 1.29 is 4.74 Å². The van der Waals surface area contributed by atoms with Gasteiger partial charge in [0.2, 0.25) is 0 Å². The highest BCUT2D eigenvalue weighted by molar-refractivity contribution is 5.81. The minimum absolute atomic E-state index is 0.729. The van der Waals surface area contributed by atoms with E-state index in [0.717, 1.165) is 48.9 Å². The molecule has 0 aliphatic heterocycles. The molecular formula is C22H26N4O. The number of H-pyrrole nitrogens is 1. The molecule has 0 bridgehead atoms. The molecule has 1 aliphatic carbocycles. The van der Waals surface area contributed by atoms with Gasteiger partial charge in [-0.25, -0.2) is 0 Å². The number of aryl methyl sites for hydroxylation is 1. The van der Waals surface area contributed by atoms with Crippen LogP contribution in [-0.4, -0.2) is 42.3 Å². The largest absolute Gasteiger partial charge is 0.493 e. The van der Waals surface area contributed by atoms with Crippen molar-refractivity contribution in [1.82, 2.24) is 15.1 Å². The van der Waals surface area contributed by atoms with E-state index < -0.39 is 0 Å². The number of nitrogens with zero attached hydrogens (tertiary/aromatic N) is 2. The first kappa shape index (κ1) is 17.6. The van der Waals surface area contributed by atoms with Crippen LogP contribution in [0.1, 0.15) is 23.1 Å². The molecular weight excluding hydrogens is 336 g/mol. The number of ether oxygens (including phenoxy) is 1. The van der Waals surface area contributed by atoms with Crippen molar-refractivity contribution in [3.63, 3.8) is 0 Å². The maximum atomic E-state index is 6.09. The lowest BCUT2D eigenvalue weighted by atomic mass is 10.1. The molecule has 2 aromatic carbocycles. The zero-order valence-electron chi connectivity index (χ0n) is 16.2. The van der Waals surface area contributed by atoms with Crippen molar-refractivity contribution in [2.24, 2.45) is 0 Å². The molecule has 0 spiro atoms. The van der Waals surface area contributed by atoms with Crippen LogP contribution in [0.4, 0.5) is 11.5 Å². The highest BCUT2D eigenvalue weighted by Gasteiger charge is 2.27. The molecule has 0 radical (unpaired) electrons. The molecule has 0 amide bonds. The van der Waals surface area contributed by atoms with Gasteiger partial charge in [-0.05, 0) is 51.2 Å². The number of hydrogen-bond acceptors (Lipinski definition) is 4. The minimum atomic E-state index is 0.729. The number of aromatic amines is 1. The second-order valence-corrected chi connectivity index (χ2v) is 7.38. The Bertz CT molecular complexity index is 945. The van der Waals surface area contributed by atoms with Gasteiger partial charge in [-0.15, -0.1) is 0 Å². The summed E-state index contributed by atoms with van der Waals surface area (Å²) in [5.74, 6) is 1.94. The Kier molecular flexibility index (Phi) is 4.86. The van der Waals surface area contributed by atoms with Crippen molar-refractivity contribution in [2.45, 2.75) is 19.8 Å². The summed E-state index contributed by atoms with van der Waals surface area (Å²) in [4.78, 5) is 2.18. The first-order chi connectivity index (χ1) is 13.1. The highest BCUT2D eigenvalue weighted by atomic mass is 16.5. The molecule has 3 aromatic rings. The van der Waals surface area contributed by atoms with E-state index in [-0.39, 0.29) is 0 Å². The second-order valence-electron chi connectivity index (χ2n) is 7.38. The van der Waals surface area contributed by atoms with Gasteiger partial charge >= 0.3 is 0 Å². The van der Waals surface area contributed by atoms with E-state index in [1.54, 1.807) is 0 Å². The summed E-state index contributed by atoms with van der Waals surface area (Å²) >= 11 is 0. The van der Waals surface area contributed by atoms with Crippen LogP contribution in [0.25, 0.3) is 11.3 Å². The van der Waals surface area contributed by atoms with Crippen LogP contribution < -0.4 is 10.1 Å². The average Bonchev–Trinajstić information content (AvgIpc) is 3.19. The number of aromatic nitrogens is 2. The van der Waals surface area contributed by atoms with Crippen molar-refractivity contribution in [1.29, 1.82) is 0 Å². The molecule has 0 saturated heterocycles. The SMILES string of the molecule is Cc1cccc(Nc2[nH]nc3c2Cc2c(OCCCN(C)C)cccc2-3)c1. The Balaban J connectivity index is 1.52. The maximum Gasteiger partial charge on any atom is 0.130 e. The fourth-order valence-electron chi connectivity index (χ4n) is 3.58. The summed E-state index contributed by atoms with van der Waals surface area (Å²) in [6, 6.07) is 14.6. The van der Waals surface area contributed by atoms with Gasteiger partial charge in [-0.1, -0.05) is 24.3 Å². The van der Waals surface area contributed by atoms with Crippen LogP contribution in [0.5, 0.6) is 5.75 Å². The third-order valence-electron chi connectivity index (χ3n) is 4.90. The van der Waals surface area contributed by atoms with Crippen LogP contribution in [0.2, 0.25) is 0 Å². The third kappa shape index (κ3) is 3.69. The predicted molar refractivity (Wildman–Crippen MR) is 110 cm³/mol. The topological polar surface area (TPSA) is 53.2 Å². The Morgan fingerprint density at radius 2 is 2.00 bits per heavy atom. The first-order valence-corrected chi connectivity index (χ1v) is 9.42. The van der Waals surface area contributed by atoms with E-state index in [4.69, 9.17) is 4.74 Å². The molecule has 5 nitrogen and oxygen atoms in total. The van der Waals surface area contributed by atoms with Gasteiger partial charge in [0.25, 0.3) is 0 Å². The molecule has 2 N–H and O–H groups in total. The molecule has 5 heteroatoms. The van der Waals surface area contributed by atoms with E-state index >= 15 is 0 Å². The Morgan fingerprint density at radius 3 is 2.81 bits per heavy atom. The van der Waals surface area contributed by atoms with Crippen LogP contribution in [-0.2, 0) is 6.42 Å². The van der Waals surface area contributed by atoms with Crippen molar-refractivity contribution in [3.05, 3.63) is 59.2 Å². The summed E-state index contributed by atoms with van der Waals surface area (Å²) in [5.41, 5.74) is 6.94. The van der Waals surface area contributed by atoms with Gasteiger partial charge in [-0.2, -0.15) is 5.10 Å². The fraction of sp³-hybridized carbons (Fsp3) is 0.318. The van der Waals surface area contributed by atoms with Gasteiger partial charge in [0, 0.05) is 35.3 Å². The molecule has 4 rings (SSSR count). The minimum Gasteiger partial charge on any atom is -0.493 e. The smallest absolute Gasteiger partial charge is 0.130 e. The number of fused-ring (bicyclic) bond motifs is 3. The van der Waals surface area contributed by atoms with E-state index in [1.807, 2.05) is 0 Å². The zero-order chi connectivity index (χ0) is 18.8. The van der Waals surface area contributed by atoms with Gasteiger partial charge in [0.15, 0.2) is 0 Å². The van der Waals surface area contributed by atoms with Crippen molar-refractivity contribution in [2.75, 3.05) is 32.6 Å². The highest BCUT2D eigenvalue weighted by Crippen LogP contribution is 2.43. The lowest BCUT2D eigenvalue weighted by Gasteiger charge is -2.13. The standard InChI is InChI=1S/C22H26N4O/c1-15-7-4-8-16(13-15)23-22-19-14-18-17(21(19)24-25-22)9-5-10-20(18)27-12-6-11-26(2)3/h4-5,7-10,13H,6,11-12,14H2,1-3H3,(H2,23,24,25). The van der Waals surface area contributed by atoms with Crippen LogP contribution in [0, 0.1) is 6.92 Å². The van der Waals surface area contributed by atoms with Gasteiger partial charge < -0.3 is 15.0 Å². The second kappa shape index (κ2) is 7.45. The Labute approximate surface area is 160 Å². The van der Waals surface area contributed by atoms with Crippen molar-refractivity contribution >= 4 is 11.5 Å². The number of benzene rings is 2. The number of anilines is 2. The number of rotatable bonds is 7. The van der Waals surface area contributed by atoms with E-state index in [9.17, 15) is 0 Å². The van der Waals surface area contributed by atoms with E-state index in [0.29, 0.717) is 0 Å². The Hall–Kier alpha value is -2.79. The van der Waals surface area contributed by atoms with Crippen LogP contribution in [0.15, 0.2) is 42.5 Å². The molecule has 1 aliphatic rings. The predicted octanol–water partition coefficient (Wildman–Crippen LogP) is 4.36. The summed E-state index contributed by atoms with van der Waals surface area (Å²) in [7, 11) is 4.17. The first-order valence-electron chi connectivity index (χ1n) is 9.42. The lowest BCUT2D eigenvalue weighted by Crippen LogP contribution is -2.15. The quantitative estimate of drug-likeness (QED) is 0.480. The number of nitrogens with one attached hydrogen (secondary N) is 2. The summed E-state index contributed by atoms with van der Waals surface area (Å²) in [6.07, 6.45) is 1.85. The normalized spacial score (nSPS) is 12.1. The van der Waals surface area contributed by atoms with Crippen LogP contribution in [0.3, 0.4) is 0 Å². The van der Waals surface area contributed by atoms with Crippen LogP contribution >= 0.6 is 0 Å². The average molecular weight is 362 g/mol. The van der Waals surface area contributed by atoms with Gasteiger partial charge in [0.1, 0.15) is 11.6 Å². The van der Waals surface area contributed by atoms with Gasteiger partial charge in [-0.3, -0.25) is 5.10 Å². The molecule has 1 aromatic heterocycles. The molecule has 1 heterocycles. The summed E-state index contributed by atoms with van der Waals surface area (Å²) < 4.78 is 6.09. The molecule has 140 valence electrons. The lowest BCUT2D eigenvalue weighted by molar-refractivity contribution is 0.280. The Morgan fingerprint density at radius 1 is 1.15 bits per heavy atom. The zero-order valence-corrected chi connectivity index (χ0v) is 16.2. The van der Waals surface area contributed by atoms with E-state index in [1.165, 1.54) is 22.3 Å². The van der Waals surface area contributed by atoms with E-state index in [2.05, 4.69) is 83.9 Å². The molecule has 0 atom stereocenters. The van der Waals surface area contributed by atoms with Gasteiger partial charge in [0.05, 0.1) is 12.3 Å². The number of hydrogen-bond donors (Lipinski definition) is 2. The fourth-order valence-corrected chi connectivity index (χ4v) is 3.58. The molecule has 0 saturated carbocycles. The maximum absolute atomic E-state index is 6.09. The third-order valence-corrected chi connectivity index (χ3v) is 4.90. The summed E-state index contributed by atoms with van der Waals surface area (Å²) in [6.45, 7) is 3.85. The van der Waals surface area contributed by atoms with Crippen molar-refractivity contribution in [3.8, 4) is 17.0 Å². The monoisotopic (exact) mass is 362 g/mol. The summed E-state index contributed by atoms with van der Waals surface area (Å²) in [5, 5.41) is 11.2.